The first-order valence-electron chi connectivity index (χ1n) is 15.8. The van der Waals surface area contributed by atoms with Gasteiger partial charge in [0.05, 0.1) is 11.1 Å². The Kier molecular flexibility index (Phi) is 5.77. The molecule has 10 aromatic rings. The van der Waals surface area contributed by atoms with Gasteiger partial charge in [-0.05, 0) is 58.3 Å². The lowest BCUT2D eigenvalue weighted by Gasteiger charge is -2.08. The second-order valence-corrected chi connectivity index (χ2v) is 11.9. The van der Waals surface area contributed by atoms with Crippen LogP contribution in [0.15, 0.2) is 155 Å². The minimum absolute atomic E-state index is 0.631. The molecule has 4 aromatic heterocycles. The molecule has 0 aliphatic heterocycles. The van der Waals surface area contributed by atoms with Gasteiger partial charge in [0, 0.05) is 57.5 Å². The Morgan fingerprint density at radius 3 is 1.27 bits per heavy atom. The third-order valence-electron chi connectivity index (χ3n) is 9.10. The average Bonchev–Trinajstić information content (AvgIpc) is 3.73. The lowest BCUT2D eigenvalue weighted by molar-refractivity contribution is 0.669. The second-order valence-electron chi connectivity index (χ2n) is 11.9. The van der Waals surface area contributed by atoms with Crippen molar-refractivity contribution in [2.24, 2.45) is 0 Å². The van der Waals surface area contributed by atoms with Crippen molar-refractivity contribution >= 4 is 54.6 Å². The summed E-state index contributed by atoms with van der Waals surface area (Å²) in [7, 11) is 0. The Balaban J connectivity index is 0.964. The lowest BCUT2D eigenvalue weighted by atomic mass is 9.99. The van der Waals surface area contributed by atoms with Gasteiger partial charge in [0.15, 0.2) is 11.6 Å². The first kappa shape index (κ1) is 26.5. The molecule has 6 aromatic carbocycles. The summed E-state index contributed by atoms with van der Waals surface area (Å²) >= 11 is 0. The van der Waals surface area contributed by atoms with Gasteiger partial charge < -0.3 is 8.83 Å². The van der Waals surface area contributed by atoms with Gasteiger partial charge in [-0.3, -0.25) is 0 Å². The number of benzene rings is 6. The molecule has 0 spiro atoms. The molecule has 48 heavy (non-hydrogen) atoms. The van der Waals surface area contributed by atoms with Crippen molar-refractivity contribution in [2.75, 3.05) is 0 Å². The van der Waals surface area contributed by atoms with Crippen molar-refractivity contribution in [1.82, 2.24) is 19.9 Å². The van der Waals surface area contributed by atoms with Crippen molar-refractivity contribution in [3.05, 3.63) is 146 Å². The van der Waals surface area contributed by atoms with Crippen LogP contribution in [-0.2, 0) is 0 Å². The summed E-state index contributed by atoms with van der Waals surface area (Å²) in [6, 6.07) is 41.2. The van der Waals surface area contributed by atoms with Crippen molar-refractivity contribution in [3.63, 3.8) is 0 Å². The highest BCUT2D eigenvalue weighted by Crippen LogP contribution is 2.36. The van der Waals surface area contributed by atoms with E-state index >= 15 is 0 Å². The number of fused-ring (bicyclic) bond motifs is 7. The standard InChI is InChI=1S/C42H24N4O2/c1-3-13-37-31(7-1)33-9-5-11-35(39(33)47-37)41-43-21-29(22-44-41)26-17-15-25-16-18-27(20-28(25)19-26)30-23-45-42(46-24-30)36-12-6-10-34-32-8-2-4-14-38(32)48-40(34)36/h1-24H. The molecule has 0 N–H and O–H groups in total. The molecule has 0 unspecified atom stereocenters. The third kappa shape index (κ3) is 4.20. The smallest absolute Gasteiger partial charge is 0.162 e. The zero-order chi connectivity index (χ0) is 31.6. The molecule has 0 fully saturated rings. The van der Waals surface area contributed by atoms with E-state index in [1.54, 1.807) is 0 Å². The topological polar surface area (TPSA) is 77.8 Å². The summed E-state index contributed by atoms with van der Waals surface area (Å²) in [5.41, 5.74) is 9.02. The first-order valence-corrected chi connectivity index (χ1v) is 15.8. The van der Waals surface area contributed by atoms with Crippen molar-refractivity contribution < 1.29 is 8.83 Å². The monoisotopic (exact) mass is 616 g/mol. The maximum absolute atomic E-state index is 6.21. The van der Waals surface area contributed by atoms with E-state index in [-0.39, 0.29) is 0 Å². The number of aromatic nitrogens is 4. The predicted octanol–water partition coefficient (Wildman–Crippen LogP) is 10.9. The number of rotatable bonds is 4. The van der Waals surface area contributed by atoms with E-state index in [9.17, 15) is 0 Å². The highest BCUT2D eigenvalue weighted by Gasteiger charge is 2.15. The zero-order valence-electron chi connectivity index (χ0n) is 25.5. The van der Waals surface area contributed by atoms with Crippen LogP contribution in [0.2, 0.25) is 0 Å². The summed E-state index contributed by atoms with van der Waals surface area (Å²) in [5, 5.41) is 6.55. The summed E-state index contributed by atoms with van der Waals surface area (Å²) < 4.78 is 12.4. The fraction of sp³-hybridized carbons (Fsp3) is 0. The van der Waals surface area contributed by atoms with Crippen LogP contribution in [0.1, 0.15) is 0 Å². The highest BCUT2D eigenvalue weighted by molar-refractivity contribution is 6.10. The van der Waals surface area contributed by atoms with Crippen LogP contribution >= 0.6 is 0 Å². The zero-order valence-corrected chi connectivity index (χ0v) is 25.5. The van der Waals surface area contributed by atoms with Crippen LogP contribution in [-0.4, -0.2) is 19.9 Å². The summed E-state index contributed by atoms with van der Waals surface area (Å²) in [5.74, 6) is 1.26. The van der Waals surface area contributed by atoms with Crippen LogP contribution in [0.4, 0.5) is 0 Å². The minimum Gasteiger partial charge on any atom is -0.455 e. The van der Waals surface area contributed by atoms with E-state index in [2.05, 4.69) is 60.7 Å². The minimum atomic E-state index is 0.631. The van der Waals surface area contributed by atoms with E-state index in [4.69, 9.17) is 28.8 Å². The van der Waals surface area contributed by atoms with Crippen LogP contribution in [0.25, 0.3) is 99.7 Å². The molecular weight excluding hydrogens is 592 g/mol. The third-order valence-corrected chi connectivity index (χ3v) is 9.10. The number of nitrogens with zero attached hydrogens (tertiary/aromatic N) is 4. The van der Waals surface area contributed by atoms with Gasteiger partial charge in [-0.1, -0.05) is 84.9 Å². The van der Waals surface area contributed by atoms with Gasteiger partial charge in [0.2, 0.25) is 0 Å². The SMILES string of the molecule is c1ccc2c(c1)oc1c(-c3ncc(-c4ccc5ccc(-c6cnc(-c7cccc8c7oc7ccccc78)nc6)cc5c4)cn3)cccc12. The molecule has 4 heterocycles. The van der Waals surface area contributed by atoms with Crippen LogP contribution in [0.3, 0.4) is 0 Å². The maximum atomic E-state index is 6.21. The van der Waals surface area contributed by atoms with E-state index in [0.29, 0.717) is 11.6 Å². The lowest BCUT2D eigenvalue weighted by Crippen LogP contribution is -1.91. The Morgan fingerprint density at radius 2 is 0.792 bits per heavy atom. The first-order chi connectivity index (χ1) is 23.8. The number of furan rings is 2. The molecular formula is C42H24N4O2. The molecule has 0 radical (unpaired) electrons. The molecule has 0 bridgehead atoms. The van der Waals surface area contributed by atoms with Crippen LogP contribution in [0.5, 0.6) is 0 Å². The summed E-state index contributed by atoms with van der Waals surface area (Å²) in [6.45, 7) is 0. The number of hydrogen-bond donors (Lipinski definition) is 0. The van der Waals surface area contributed by atoms with Gasteiger partial charge in [-0.15, -0.1) is 0 Å². The molecule has 0 saturated carbocycles. The Labute approximate surface area is 274 Å². The average molecular weight is 617 g/mol. The fourth-order valence-corrected chi connectivity index (χ4v) is 6.68. The molecule has 6 heteroatoms. The molecule has 0 amide bonds. The van der Waals surface area contributed by atoms with Crippen molar-refractivity contribution in [1.29, 1.82) is 0 Å². The van der Waals surface area contributed by atoms with Crippen molar-refractivity contribution in [3.8, 4) is 45.0 Å². The summed E-state index contributed by atoms with van der Waals surface area (Å²) in [4.78, 5) is 19.0. The molecule has 0 saturated heterocycles. The van der Waals surface area contributed by atoms with E-state index in [1.165, 1.54) is 0 Å². The van der Waals surface area contributed by atoms with E-state index in [1.807, 2.05) is 85.5 Å². The molecule has 0 aliphatic carbocycles. The van der Waals surface area contributed by atoms with Gasteiger partial charge in [-0.2, -0.15) is 0 Å². The molecule has 0 aliphatic rings. The van der Waals surface area contributed by atoms with Gasteiger partial charge in [-0.25, -0.2) is 19.9 Å². The normalized spacial score (nSPS) is 11.8. The molecule has 6 nitrogen and oxygen atoms in total. The van der Waals surface area contributed by atoms with Gasteiger partial charge in [0.25, 0.3) is 0 Å². The Hall–Kier alpha value is -6.66. The number of hydrogen-bond acceptors (Lipinski definition) is 6. The predicted molar refractivity (Wildman–Crippen MR) is 191 cm³/mol. The van der Waals surface area contributed by atoms with Gasteiger partial charge in [0.1, 0.15) is 22.3 Å². The largest absolute Gasteiger partial charge is 0.455 e. The fourth-order valence-electron chi connectivity index (χ4n) is 6.68. The van der Waals surface area contributed by atoms with Crippen LogP contribution < -0.4 is 0 Å². The maximum Gasteiger partial charge on any atom is 0.162 e. The molecule has 0 atom stereocenters. The number of para-hydroxylation sites is 4. The Morgan fingerprint density at radius 1 is 0.354 bits per heavy atom. The van der Waals surface area contributed by atoms with E-state index < -0.39 is 0 Å². The molecule has 224 valence electrons. The van der Waals surface area contributed by atoms with Crippen LogP contribution in [0, 0.1) is 0 Å². The van der Waals surface area contributed by atoms with Crippen molar-refractivity contribution in [2.45, 2.75) is 0 Å². The highest BCUT2D eigenvalue weighted by atomic mass is 16.3. The van der Waals surface area contributed by atoms with Gasteiger partial charge >= 0.3 is 0 Å². The van der Waals surface area contributed by atoms with E-state index in [0.717, 1.165) is 88.0 Å². The summed E-state index contributed by atoms with van der Waals surface area (Å²) in [6.07, 6.45) is 7.52. The molecule has 10 rings (SSSR count). The second kappa shape index (κ2) is 10.4. The quantitative estimate of drug-likeness (QED) is 0.196. The Bertz CT molecular complexity index is 2640.